The Hall–Kier alpha value is -3.00. The van der Waals surface area contributed by atoms with Crippen molar-refractivity contribution in [2.24, 2.45) is 0 Å². The summed E-state index contributed by atoms with van der Waals surface area (Å²) in [4.78, 5) is 13.2. The fraction of sp³-hybridized carbons (Fsp3) is 0.250. The van der Waals surface area contributed by atoms with Gasteiger partial charge in [0.2, 0.25) is 11.1 Å². The Morgan fingerprint density at radius 2 is 1.89 bits per heavy atom. The van der Waals surface area contributed by atoms with Crippen molar-refractivity contribution in [3.8, 4) is 5.75 Å². The first kappa shape index (κ1) is 18.4. The van der Waals surface area contributed by atoms with Gasteiger partial charge in [-0.1, -0.05) is 42.1 Å². The molecule has 0 unspecified atom stereocenters. The van der Waals surface area contributed by atoms with Crippen LogP contribution in [0.25, 0.3) is 0 Å². The number of amides is 1. The molecular weight excluding hydrogens is 374 g/mol. The van der Waals surface area contributed by atoms with Crippen molar-refractivity contribution in [2.75, 3.05) is 17.9 Å². The van der Waals surface area contributed by atoms with Gasteiger partial charge < -0.3 is 15.5 Å². The first-order chi connectivity index (χ1) is 13.6. The quantitative estimate of drug-likeness (QED) is 0.706. The van der Waals surface area contributed by atoms with E-state index >= 15 is 0 Å². The van der Waals surface area contributed by atoms with Gasteiger partial charge in [-0.25, -0.2) is 4.68 Å². The fourth-order valence-corrected chi connectivity index (χ4v) is 4.26. The van der Waals surface area contributed by atoms with Crippen LogP contribution in [-0.2, 0) is 4.79 Å². The van der Waals surface area contributed by atoms with Crippen LogP contribution in [0.2, 0.25) is 0 Å². The molecule has 0 bridgehead atoms. The van der Waals surface area contributed by atoms with Crippen LogP contribution in [0, 0.1) is 13.8 Å². The maximum atomic E-state index is 13.2. The Balaban J connectivity index is 1.67. The molecule has 0 radical (unpaired) electrons. The first-order valence-electron chi connectivity index (χ1n) is 8.92. The summed E-state index contributed by atoms with van der Waals surface area (Å²) >= 11 is 1.41. The van der Waals surface area contributed by atoms with Gasteiger partial charge in [-0.2, -0.15) is 0 Å². The highest BCUT2D eigenvalue weighted by Crippen LogP contribution is 2.38. The topological polar surface area (TPSA) is 81.1 Å². The van der Waals surface area contributed by atoms with Gasteiger partial charge in [0.1, 0.15) is 16.8 Å². The van der Waals surface area contributed by atoms with Gasteiger partial charge in [0.05, 0.1) is 13.2 Å². The van der Waals surface area contributed by atoms with Crippen LogP contribution in [0.1, 0.15) is 23.0 Å². The van der Waals surface area contributed by atoms with Crippen molar-refractivity contribution in [1.82, 2.24) is 14.9 Å². The average molecular weight is 395 g/mol. The highest BCUT2D eigenvalue weighted by molar-refractivity contribution is 8.00. The zero-order valence-corrected chi connectivity index (χ0v) is 16.7. The molecule has 1 aliphatic rings. The van der Waals surface area contributed by atoms with Crippen molar-refractivity contribution in [3.05, 3.63) is 65.5 Å². The molecule has 3 aromatic rings. The van der Waals surface area contributed by atoms with Crippen LogP contribution in [0.5, 0.6) is 5.75 Å². The summed E-state index contributed by atoms with van der Waals surface area (Å²) in [5.41, 5.74) is 6.21. The monoisotopic (exact) mass is 395 g/mol. The molecule has 8 heteroatoms. The van der Waals surface area contributed by atoms with Crippen molar-refractivity contribution < 1.29 is 9.53 Å². The van der Waals surface area contributed by atoms with E-state index in [0.717, 1.165) is 28.4 Å². The summed E-state index contributed by atoms with van der Waals surface area (Å²) < 4.78 is 7.09. The third kappa shape index (κ3) is 3.43. The van der Waals surface area contributed by atoms with Gasteiger partial charge in [0.15, 0.2) is 0 Å². The third-order valence-corrected chi connectivity index (χ3v) is 5.95. The molecule has 1 aliphatic heterocycles. The molecule has 2 heterocycles. The molecule has 144 valence electrons. The molecule has 2 N–H and O–H groups in total. The largest absolute Gasteiger partial charge is 0.497 e. The number of fused-ring (bicyclic) bond motifs is 1. The van der Waals surface area contributed by atoms with E-state index in [0.29, 0.717) is 5.16 Å². The third-order valence-electron chi connectivity index (χ3n) is 4.73. The standard InChI is InChI=1S/C20H21N5O2S/c1-12-6-4-5-7-16(12)21-19(26)18-17(14-8-10-15(27-3)11-9-14)24-25-13(2)22-23-20(25)28-18/h4-11,17-18,24H,1-3H3,(H,21,26)/t17-,18+/m1/s1. The van der Waals surface area contributed by atoms with Crippen LogP contribution in [0.15, 0.2) is 53.7 Å². The normalized spacial score (nSPS) is 18.1. The summed E-state index contributed by atoms with van der Waals surface area (Å²) in [6.45, 7) is 3.85. The molecule has 28 heavy (non-hydrogen) atoms. The number of aromatic nitrogens is 3. The molecule has 7 nitrogen and oxygen atoms in total. The number of hydrogen-bond donors (Lipinski definition) is 2. The lowest BCUT2D eigenvalue weighted by Crippen LogP contribution is -2.41. The molecule has 0 spiro atoms. The first-order valence-corrected chi connectivity index (χ1v) is 9.80. The van der Waals surface area contributed by atoms with E-state index in [2.05, 4.69) is 20.9 Å². The van der Waals surface area contributed by atoms with Crippen LogP contribution in [0.4, 0.5) is 5.69 Å². The van der Waals surface area contributed by atoms with E-state index in [1.165, 1.54) is 11.8 Å². The number of ether oxygens (including phenoxy) is 1. The number of methoxy groups -OCH3 is 1. The number of nitrogens with zero attached hydrogens (tertiary/aromatic N) is 3. The van der Waals surface area contributed by atoms with E-state index < -0.39 is 5.25 Å². The Bertz CT molecular complexity index is 1000. The van der Waals surface area contributed by atoms with E-state index in [9.17, 15) is 4.79 Å². The number of anilines is 1. The molecule has 0 aliphatic carbocycles. The van der Waals surface area contributed by atoms with E-state index in [1.807, 2.05) is 67.1 Å². The van der Waals surface area contributed by atoms with Gasteiger partial charge in [0, 0.05) is 5.69 Å². The Morgan fingerprint density at radius 1 is 1.14 bits per heavy atom. The smallest absolute Gasteiger partial charge is 0.240 e. The zero-order valence-electron chi connectivity index (χ0n) is 15.8. The molecule has 0 saturated carbocycles. The molecule has 1 amide bonds. The maximum Gasteiger partial charge on any atom is 0.240 e. The summed E-state index contributed by atoms with van der Waals surface area (Å²) in [6, 6.07) is 15.2. The number of hydrogen-bond acceptors (Lipinski definition) is 6. The minimum absolute atomic E-state index is 0.0838. The van der Waals surface area contributed by atoms with Crippen LogP contribution < -0.4 is 15.5 Å². The molecule has 1 aromatic heterocycles. The fourth-order valence-electron chi connectivity index (χ4n) is 3.14. The number of benzene rings is 2. The molecule has 2 atom stereocenters. The SMILES string of the molecule is COc1ccc([C@H]2Nn3c(C)nnc3S[C@@H]2C(=O)Nc2ccccc2C)cc1. The number of nitrogens with one attached hydrogen (secondary N) is 2. The number of rotatable bonds is 4. The van der Waals surface area contributed by atoms with Crippen molar-refractivity contribution in [1.29, 1.82) is 0 Å². The Morgan fingerprint density at radius 3 is 2.61 bits per heavy atom. The van der Waals surface area contributed by atoms with Gasteiger partial charge in [0.25, 0.3) is 0 Å². The number of carbonyl (C=O) groups is 1. The molecule has 0 fully saturated rings. The summed E-state index contributed by atoms with van der Waals surface area (Å²) in [7, 11) is 1.63. The lowest BCUT2D eigenvalue weighted by Gasteiger charge is -2.33. The average Bonchev–Trinajstić information content (AvgIpc) is 3.09. The minimum atomic E-state index is -0.413. The second-order valence-corrected chi connectivity index (χ2v) is 7.70. The highest BCUT2D eigenvalue weighted by atomic mass is 32.2. The van der Waals surface area contributed by atoms with Crippen LogP contribution in [0.3, 0.4) is 0 Å². The summed E-state index contributed by atoms with van der Waals surface area (Å²) in [5, 5.41) is 11.6. The zero-order chi connectivity index (χ0) is 19.7. The summed E-state index contributed by atoms with van der Waals surface area (Å²) in [6.07, 6.45) is 0. The van der Waals surface area contributed by atoms with E-state index in [4.69, 9.17) is 4.74 Å². The molecular formula is C20H21N5O2S. The predicted octanol–water partition coefficient (Wildman–Crippen LogP) is 3.30. The van der Waals surface area contributed by atoms with Crippen LogP contribution in [-0.4, -0.2) is 33.1 Å². The van der Waals surface area contributed by atoms with Gasteiger partial charge in [-0.15, -0.1) is 10.2 Å². The lowest BCUT2D eigenvalue weighted by atomic mass is 10.0. The lowest BCUT2D eigenvalue weighted by molar-refractivity contribution is -0.116. The molecule has 2 aromatic carbocycles. The Labute approximate surface area is 167 Å². The van der Waals surface area contributed by atoms with E-state index in [-0.39, 0.29) is 11.9 Å². The number of para-hydroxylation sites is 1. The highest BCUT2D eigenvalue weighted by Gasteiger charge is 2.37. The Kier molecular flexibility index (Phi) is 4.95. The maximum absolute atomic E-state index is 13.2. The summed E-state index contributed by atoms with van der Waals surface area (Å²) in [5.74, 6) is 1.44. The molecule has 4 rings (SSSR count). The van der Waals surface area contributed by atoms with Crippen LogP contribution >= 0.6 is 11.8 Å². The van der Waals surface area contributed by atoms with Crippen molar-refractivity contribution >= 4 is 23.4 Å². The van der Waals surface area contributed by atoms with Gasteiger partial charge in [-0.05, 0) is 43.2 Å². The van der Waals surface area contributed by atoms with Gasteiger partial charge >= 0.3 is 0 Å². The van der Waals surface area contributed by atoms with Crippen molar-refractivity contribution in [3.63, 3.8) is 0 Å². The minimum Gasteiger partial charge on any atom is -0.497 e. The predicted molar refractivity (Wildman–Crippen MR) is 109 cm³/mol. The van der Waals surface area contributed by atoms with E-state index in [1.54, 1.807) is 7.11 Å². The number of thioether (sulfide) groups is 1. The number of carbonyl (C=O) groups excluding carboxylic acids is 1. The second kappa shape index (κ2) is 7.55. The number of aryl methyl sites for hydroxylation is 2. The van der Waals surface area contributed by atoms with Crippen molar-refractivity contribution in [2.45, 2.75) is 30.3 Å². The second-order valence-electron chi connectivity index (χ2n) is 6.59. The molecule has 0 saturated heterocycles. The van der Waals surface area contributed by atoms with Gasteiger partial charge in [-0.3, -0.25) is 4.79 Å².